The largest absolute Gasteiger partial charge is 0.488 e. The molecule has 0 aliphatic rings. The number of carbonyl (C=O) groups is 1. The third kappa shape index (κ3) is 4.33. The molecule has 0 spiro atoms. The number of halogens is 1. The molecule has 21 heavy (non-hydrogen) atoms. The van der Waals surface area contributed by atoms with Crippen LogP contribution in [0.5, 0.6) is 5.75 Å². The maximum absolute atomic E-state index is 10.6. The molecule has 106 valence electrons. The van der Waals surface area contributed by atoms with Gasteiger partial charge in [-0.05, 0) is 29.3 Å². The Kier molecular flexibility index (Phi) is 4.96. The number of carboxylic acid groups (broad SMARTS) is 1. The highest BCUT2D eigenvalue weighted by atomic mass is 79.9. The Balaban J connectivity index is 2.03. The second kappa shape index (κ2) is 6.91. The summed E-state index contributed by atoms with van der Waals surface area (Å²) in [5.74, 6) is -0.331. The van der Waals surface area contributed by atoms with E-state index in [0.717, 1.165) is 15.6 Å². The molecule has 2 aromatic carbocycles. The number of hydrogen-bond acceptors (Lipinski definition) is 3. The van der Waals surface area contributed by atoms with Crippen molar-refractivity contribution in [2.75, 3.05) is 0 Å². The molecule has 2 aromatic rings. The maximum Gasteiger partial charge on any atom is 0.307 e. The SMILES string of the molecule is N#Cc1cc(Br)ccc1OCc1ccc(CC(=O)O)cc1. The minimum absolute atomic E-state index is 0.00638. The van der Waals surface area contributed by atoms with Gasteiger partial charge in [-0.15, -0.1) is 0 Å². The third-order valence-corrected chi connectivity index (χ3v) is 3.33. The van der Waals surface area contributed by atoms with Gasteiger partial charge in [0.15, 0.2) is 0 Å². The molecule has 4 nitrogen and oxygen atoms in total. The molecule has 2 rings (SSSR count). The van der Waals surface area contributed by atoms with Gasteiger partial charge in [-0.3, -0.25) is 4.79 Å². The van der Waals surface area contributed by atoms with E-state index < -0.39 is 5.97 Å². The Morgan fingerprint density at radius 3 is 2.48 bits per heavy atom. The second-order valence-corrected chi connectivity index (χ2v) is 5.34. The predicted octanol–water partition coefficient (Wildman–Crippen LogP) is 3.53. The minimum Gasteiger partial charge on any atom is -0.488 e. The zero-order valence-corrected chi connectivity index (χ0v) is 12.6. The Morgan fingerprint density at radius 1 is 1.19 bits per heavy atom. The third-order valence-electron chi connectivity index (χ3n) is 2.83. The Morgan fingerprint density at radius 2 is 1.86 bits per heavy atom. The van der Waals surface area contributed by atoms with Gasteiger partial charge in [-0.1, -0.05) is 40.2 Å². The van der Waals surface area contributed by atoms with Crippen molar-refractivity contribution >= 4 is 21.9 Å². The van der Waals surface area contributed by atoms with Crippen molar-refractivity contribution in [3.8, 4) is 11.8 Å². The summed E-state index contributed by atoms with van der Waals surface area (Å²) in [4.78, 5) is 10.6. The van der Waals surface area contributed by atoms with Crippen LogP contribution in [0.15, 0.2) is 46.9 Å². The van der Waals surface area contributed by atoms with E-state index in [1.54, 1.807) is 24.3 Å². The normalized spacial score (nSPS) is 9.90. The monoisotopic (exact) mass is 345 g/mol. The fourth-order valence-corrected chi connectivity index (χ4v) is 2.17. The van der Waals surface area contributed by atoms with Gasteiger partial charge in [0, 0.05) is 4.47 Å². The molecule has 0 bridgehead atoms. The van der Waals surface area contributed by atoms with Crippen molar-refractivity contribution < 1.29 is 14.6 Å². The summed E-state index contributed by atoms with van der Waals surface area (Å²) in [6, 6.07) is 14.5. The number of hydrogen-bond donors (Lipinski definition) is 1. The molecule has 5 heteroatoms. The first-order valence-corrected chi connectivity index (χ1v) is 7.00. The first-order valence-electron chi connectivity index (χ1n) is 6.20. The Labute approximate surface area is 130 Å². The number of nitriles is 1. The molecule has 0 aliphatic heterocycles. The van der Waals surface area contributed by atoms with Gasteiger partial charge >= 0.3 is 5.97 Å². The van der Waals surface area contributed by atoms with Crippen LogP contribution < -0.4 is 4.74 Å². The lowest BCUT2D eigenvalue weighted by molar-refractivity contribution is -0.136. The highest BCUT2D eigenvalue weighted by Crippen LogP contribution is 2.23. The molecule has 0 fully saturated rings. The highest BCUT2D eigenvalue weighted by molar-refractivity contribution is 9.10. The molecule has 0 heterocycles. The van der Waals surface area contributed by atoms with Gasteiger partial charge < -0.3 is 9.84 Å². The first-order chi connectivity index (χ1) is 10.1. The summed E-state index contributed by atoms with van der Waals surface area (Å²) in [5, 5.41) is 17.8. The topological polar surface area (TPSA) is 70.3 Å². The molecule has 0 unspecified atom stereocenters. The number of benzene rings is 2. The van der Waals surface area contributed by atoms with Crippen molar-refractivity contribution in [2.45, 2.75) is 13.0 Å². The van der Waals surface area contributed by atoms with Crippen LogP contribution in [0, 0.1) is 11.3 Å². The zero-order valence-electron chi connectivity index (χ0n) is 11.0. The first kappa shape index (κ1) is 15.1. The average molecular weight is 346 g/mol. The van der Waals surface area contributed by atoms with E-state index >= 15 is 0 Å². The lowest BCUT2D eigenvalue weighted by Crippen LogP contribution is -2.01. The van der Waals surface area contributed by atoms with Crippen molar-refractivity contribution in [1.29, 1.82) is 5.26 Å². The van der Waals surface area contributed by atoms with Crippen LogP contribution in [-0.4, -0.2) is 11.1 Å². The van der Waals surface area contributed by atoms with E-state index in [0.29, 0.717) is 17.9 Å². The van der Waals surface area contributed by atoms with Crippen LogP contribution in [0.4, 0.5) is 0 Å². The van der Waals surface area contributed by atoms with E-state index in [1.807, 2.05) is 18.2 Å². The molecule has 1 N–H and O–H groups in total. The van der Waals surface area contributed by atoms with Gasteiger partial charge in [0.2, 0.25) is 0 Å². The van der Waals surface area contributed by atoms with Crippen molar-refractivity contribution in [2.24, 2.45) is 0 Å². The van der Waals surface area contributed by atoms with Crippen molar-refractivity contribution in [3.05, 3.63) is 63.6 Å². The van der Waals surface area contributed by atoms with Crippen molar-refractivity contribution in [3.63, 3.8) is 0 Å². The molecule has 0 saturated heterocycles. The van der Waals surface area contributed by atoms with Gasteiger partial charge in [0.25, 0.3) is 0 Å². The van der Waals surface area contributed by atoms with E-state index in [1.165, 1.54) is 0 Å². The quantitative estimate of drug-likeness (QED) is 0.899. The van der Waals surface area contributed by atoms with Crippen molar-refractivity contribution in [1.82, 2.24) is 0 Å². The highest BCUT2D eigenvalue weighted by Gasteiger charge is 2.05. The van der Waals surface area contributed by atoms with Gasteiger partial charge in [-0.25, -0.2) is 0 Å². The van der Waals surface area contributed by atoms with Crippen LogP contribution in [0.25, 0.3) is 0 Å². The van der Waals surface area contributed by atoms with E-state index in [9.17, 15) is 4.79 Å². The Hall–Kier alpha value is -2.32. The fourth-order valence-electron chi connectivity index (χ4n) is 1.80. The molecule has 0 amide bonds. The zero-order chi connectivity index (χ0) is 15.2. The summed E-state index contributed by atoms with van der Waals surface area (Å²) >= 11 is 3.31. The predicted molar refractivity (Wildman–Crippen MR) is 81.0 cm³/mol. The van der Waals surface area contributed by atoms with Crippen LogP contribution in [-0.2, 0) is 17.8 Å². The molecule has 0 aliphatic carbocycles. The molecular formula is C16H12BrNO3. The number of carboxylic acids is 1. The lowest BCUT2D eigenvalue weighted by Gasteiger charge is -2.08. The smallest absolute Gasteiger partial charge is 0.307 e. The molecular weight excluding hydrogens is 334 g/mol. The maximum atomic E-state index is 10.6. The van der Waals surface area contributed by atoms with Gasteiger partial charge in [0.05, 0.1) is 12.0 Å². The standard InChI is InChI=1S/C16H12BrNO3/c17-14-5-6-15(13(8-14)9-18)21-10-12-3-1-11(2-4-12)7-16(19)20/h1-6,8H,7,10H2,(H,19,20). The molecule has 0 aromatic heterocycles. The number of ether oxygens (including phenoxy) is 1. The Bertz CT molecular complexity index is 690. The van der Waals surface area contributed by atoms with Crippen LogP contribution in [0.1, 0.15) is 16.7 Å². The van der Waals surface area contributed by atoms with Crippen LogP contribution >= 0.6 is 15.9 Å². The second-order valence-electron chi connectivity index (χ2n) is 4.43. The number of nitrogens with zero attached hydrogens (tertiary/aromatic N) is 1. The van der Waals surface area contributed by atoms with Crippen LogP contribution in [0.2, 0.25) is 0 Å². The number of rotatable bonds is 5. The summed E-state index contributed by atoms with van der Waals surface area (Å²) in [7, 11) is 0. The van der Waals surface area contributed by atoms with Crippen LogP contribution in [0.3, 0.4) is 0 Å². The van der Waals surface area contributed by atoms with E-state index in [-0.39, 0.29) is 6.42 Å². The van der Waals surface area contributed by atoms with E-state index in [4.69, 9.17) is 15.1 Å². The average Bonchev–Trinajstić information content (AvgIpc) is 2.46. The number of aliphatic carboxylic acids is 1. The van der Waals surface area contributed by atoms with Gasteiger partial charge in [0.1, 0.15) is 18.4 Å². The summed E-state index contributed by atoms with van der Waals surface area (Å²) in [6.07, 6.45) is 0.00638. The molecule has 0 saturated carbocycles. The van der Waals surface area contributed by atoms with E-state index in [2.05, 4.69) is 22.0 Å². The molecule has 0 radical (unpaired) electrons. The lowest BCUT2D eigenvalue weighted by atomic mass is 10.1. The summed E-state index contributed by atoms with van der Waals surface area (Å²) in [5.41, 5.74) is 2.12. The fraction of sp³-hybridized carbons (Fsp3) is 0.125. The minimum atomic E-state index is -0.854. The van der Waals surface area contributed by atoms with Gasteiger partial charge in [-0.2, -0.15) is 5.26 Å². The molecule has 0 atom stereocenters. The summed E-state index contributed by atoms with van der Waals surface area (Å²) < 4.78 is 6.45. The summed E-state index contributed by atoms with van der Waals surface area (Å²) in [6.45, 7) is 0.323.